The molecule has 0 saturated carbocycles. The molecule has 3 N–H and O–H groups in total. The lowest BCUT2D eigenvalue weighted by Gasteiger charge is -2.26. The van der Waals surface area contributed by atoms with Crippen LogP contribution in [-0.2, 0) is 0 Å². The molecule has 0 aromatic heterocycles. The summed E-state index contributed by atoms with van der Waals surface area (Å²) in [5, 5.41) is 22.1. The normalized spacial score (nSPS) is 14.5. The summed E-state index contributed by atoms with van der Waals surface area (Å²) in [5.74, 6) is 0.298. The fraction of sp³-hybridized carbons (Fsp3) is 0.538. The number of nitrogens with one attached hydrogen (secondary N) is 1. The summed E-state index contributed by atoms with van der Waals surface area (Å²) in [4.78, 5) is 0. The number of phenolic OH excluding ortho intramolecular Hbond substituents is 1. The van der Waals surface area contributed by atoms with Crippen LogP contribution >= 0.6 is 0 Å². The van der Waals surface area contributed by atoms with Gasteiger partial charge in [0, 0.05) is 23.7 Å². The number of hydrogen-bond donors (Lipinski definition) is 3. The van der Waals surface area contributed by atoms with Gasteiger partial charge in [-0.3, -0.25) is 0 Å². The number of aliphatic hydroxyl groups excluding tert-OH is 1. The Morgan fingerprint density at radius 2 is 2.06 bits per heavy atom. The minimum atomic E-state index is -0.111. The number of aromatic hydroxyl groups is 1. The smallest absolute Gasteiger partial charge is 0.120 e. The van der Waals surface area contributed by atoms with Crippen molar-refractivity contribution in [3.63, 3.8) is 0 Å². The van der Waals surface area contributed by atoms with Gasteiger partial charge in [0.15, 0.2) is 0 Å². The molecule has 0 radical (unpaired) electrons. The highest BCUT2D eigenvalue weighted by Crippen LogP contribution is 2.24. The molecule has 0 spiro atoms. The van der Waals surface area contributed by atoms with Crippen LogP contribution in [0.3, 0.4) is 0 Å². The summed E-state index contributed by atoms with van der Waals surface area (Å²) >= 11 is 0. The van der Waals surface area contributed by atoms with Crippen molar-refractivity contribution in [2.75, 3.05) is 18.5 Å². The molecule has 90 valence electrons. The van der Waals surface area contributed by atoms with Gasteiger partial charge in [-0.15, -0.1) is 0 Å². The molecule has 0 aliphatic rings. The monoisotopic (exact) mass is 223 g/mol. The SMILES string of the molecule is CCC(C)(CO)CNc1ccc(C)c(O)c1. The highest BCUT2D eigenvalue weighted by atomic mass is 16.3. The van der Waals surface area contributed by atoms with Crippen molar-refractivity contribution in [2.45, 2.75) is 27.2 Å². The van der Waals surface area contributed by atoms with Gasteiger partial charge in [0.1, 0.15) is 5.75 Å². The zero-order chi connectivity index (χ0) is 12.2. The van der Waals surface area contributed by atoms with Crippen LogP contribution in [0, 0.1) is 12.3 Å². The fourth-order valence-corrected chi connectivity index (χ4v) is 1.33. The van der Waals surface area contributed by atoms with Crippen LogP contribution in [-0.4, -0.2) is 23.4 Å². The fourth-order valence-electron chi connectivity index (χ4n) is 1.33. The van der Waals surface area contributed by atoms with E-state index in [2.05, 4.69) is 12.2 Å². The van der Waals surface area contributed by atoms with E-state index in [9.17, 15) is 10.2 Å². The van der Waals surface area contributed by atoms with Crippen molar-refractivity contribution in [1.82, 2.24) is 0 Å². The van der Waals surface area contributed by atoms with Gasteiger partial charge in [0.05, 0.1) is 6.61 Å². The summed E-state index contributed by atoms with van der Waals surface area (Å²) in [6, 6.07) is 5.52. The molecule has 0 amide bonds. The average Bonchev–Trinajstić information content (AvgIpc) is 2.30. The van der Waals surface area contributed by atoms with E-state index in [0.717, 1.165) is 17.7 Å². The zero-order valence-electron chi connectivity index (χ0n) is 10.2. The van der Waals surface area contributed by atoms with Crippen molar-refractivity contribution < 1.29 is 10.2 Å². The Morgan fingerprint density at radius 1 is 1.38 bits per heavy atom. The van der Waals surface area contributed by atoms with Crippen LogP contribution in [0.2, 0.25) is 0 Å². The Kier molecular flexibility index (Phi) is 4.19. The van der Waals surface area contributed by atoms with Crippen molar-refractivity contribution in [1.29, 1.82) is 0 Å². The molecule has 1 aromatic rings. The predicted molar refractivity (Wildman–Crippen MR) is 66.8 cm³/mol. The predicted octanol–water partition coefficient (Wildman–Crippen LogP) is 2.52. The van der Waals surface area contributed by atoms with Crippen LogP contribution in [0.25, 0.3) is 0 Å². The molecular formula is C13H21NO2. The Bertz CT molecular complexity index is 346. The molecule has 0 heterocycles. The maximum absolute atomic E-state index is 9.55. The average molecular weight is 223 g/mol. The molecule has 1 atom stereocenters. The first-order valence-corrected chi connectivity index (χ1v) is 5.65. The molecule has 1 aromatic carbocycles. The minimum absolute atomic E-state index is 0.111. The number of hydrogen-bond acceptors (Lipinski definition) is 3. The minimum Gasteiger partial charge on any atom is -0.508 e. The number of benzene rings is 1. The number of rotatable bonds is 5. The molecule has 0 aliphatic heterocycles. The zero-order valence-corrected chi connectivity index (χ0v) is 10.2. The van der Waals surface area contributed by atoms with E-state index in [-0.39, 0.29) is 12.0 Å². The second kappa shape index (κ2) is 5.21. The highest BCUT2D eigenvalue weighted by molar-refractivity contribution is 5.51. The summed E-state index contributed by atoms with van der Waals surface area (Å²) in [6.45, 7) is 6.82. The Labute approximate surface area is 97.1 Å². The van der Waals surface area contributed by atoms with Crippen molar-refractivity contribution in [3.05, 3.63) is 23.8 Å². The van der Waals surface area contributed by atoms with E-state index in [1.54, 1.807) is 6.07 Å². The molecule has 0 saturated heterocycles. The lowest BCUT2D eigenvalue weighted by Crippen LogP contribution is -2.29. The molecule has 1 rings (SSSR count). The van der Waals surface area contributed by atoms with Gasteiger partial charge < -0.3 is 15.5 Å². The van der Waals surface area contributed by atoms with Crippen molar-refractivity contribution in [3.8, 4) is 5.75 Å². The van der Waals surface area contributed by atoms with Crippen LogP contribution in [0.15, 0.2) is 18.2 Å². The third kappa shape index (κ3) is 3.14. The lowest BCUT2D eigenvalue weighted by atomic mass is 9.88. The number of aliphatic hydroxyl groups is 1. The highest BCUT2D eigenvalue weighted by Gasteiger charge is 2.20. The quantitative estimate of drug-likeness (QED) is 0.719. The Balaban J connectivity index is 2.64. The first-order chi connectivity index (χ1) is 7.50. The summed E-state index contributed by atoms with van der Waals surface area (Å²) in [5.41, 5.74) is 1.64. The molecule has 16 heavy (non-hydrogen) atoms. The molecule has 0 fully saturated rings. The van der Waals surface area contributed by atoms with Crippen LogP contribution in [0.1, 0.15) is 25.8 Å². The van der Waals surface area contributed by atoms with Crippen molar-refractivity contribution >= 4 is 5.69 Å². The molecule has 1 unspecified atom stereocenters. The van der Waals surface area contributed by atoms with Gasteiger partial charge in [-0.1, -0.05) is 19.9 Å². The molecule has 3 nitrogen and oxygen atoms in total. The maximum atomic E-state index is 9.55. The van der Waals surface area contributed by atoms with E-state index in [1.807, 2.05) is 26.0 Å². The van der Waals surface area contributed by atoms with Gasteiger partial charge in [-0.2, -0.15) is 0 Å². The topological polar surface area (TPSA) is 52.5 Å². The third-order valence-electron chi connectivity index (χ3n) is 3.16. The standard InChI is InChI=1S/C13H21NO2/c1-4-13(3,9-15)8-14-11-6-5-10(2)12(16)7-11/h5-7,14-16H,4,8-9H2,1-3H3. The van der Waals surface area contributed by atoms with Crippen LogP contribution in [0.5, 0.6) is 5.75 Å². The molecular weight excluding hydrogens is 202 g/mol. The van der Waals surface area contributed by atoms with E-state index in [0.29, 0.717) is 12.3 Å². The van der Waals surface area contributed by atoms with E-state index in [4.69, 9.17) is 0 Å². The maximum Gasteiger partial charge on any atom is 0.120 e. The van der Waals surface area contributed by atoms with Gasteiger partial charge in [0.25, 0.3) is 0 Å². The van der Waals surface area contributed by atoms with Gasteiger partial charge in [-0.25, -0.2) is 0 Å². The number of aryl methyl sites for hydroxylation is 1. The lowest BCUT2D eigenvalue weighted by molar-refractivity contribution is 0.149. The molecule has 3 heteroatoms. The van der Waals surface area contributed by atoms with E-state index < -0.39 is 0 Å². The van der Waals surface area contributed by atoms with Gasteiger partial charge in [0.2, 0.25) is 0 Å². The van der Waals surface area contributed by atoms with Crippen LogP contribution in [0.4, 0.5) is 5.69 Å². The second-order valence-corrected chi connectivity index (χ2v) is 4.68. The van der Waals surface area contributed by atoms with Crippen LogP contribution < -0.4 is 5.32 Å². The molecule has 0 aliphatic carbocycles. The number of anilines is 1. The summed E-state index contributed by atoms with van der Waals surface area (Å²) < 4.78 is 0. The first-order valence-electron chi connectivity index (χ1n) is 5.65. The first kappa shape index (κ1) is 12.8. The van der Waals surface area contributed by atoms with Gasteiger partial charge >= 0.3 is 0 Å². The Hall–Kier alpha value is -1.22. The number of phenols is 1. The van der Waals surface area contributed by atoms with E-state index in [1.165, 1.54) is 0 Å². The van der Waals surface area contributed by atoms with E-state index >= 15 is 0 Å². The third-order valence-corrected chi connectivity index (χ3v) is 3.16. The van der Waals surface area contributed by atoms with Gasteiger partial charge in [-0.05, 0) is 25.0 Å². The largest absolute Gasteiger partial charge is 0.508 e. The Morgan fingerprint density at radius 3 is 2.56 bits per heavy atom. The second-order valence-electron chi connectivity index (χ2n) is 4.68. The van der Waals surface area contributed by atoms with Crippen molar-refractivity contribution in [2.24, 2.45) is 5.41 Å². The summed E-state index contributed by atoms with van der Waals surface area (Å²) in [7, 11) is 0. The molecule has 0 bridgehead atoms. The summed E-state index contributed by atoms with van der Waals surface area (Å²) in [6.07, 6.45) is 0.911.